The fourth-order valence-electron chi connectivity index (χ4n) is 1.26. The lowest BCUT2D eigenvalue weighted by Gasteiger charge is -2.39. The largest absolute Gasteiger partial charge is 0.263 e. The van der Waals surface area contributed by atoms with Gasteiger partial charge in [0.1, 0.15) is 0 Å². The molecular formula is C14H27N. The monoisotopic (exact) mass is 209 g/mol. The average molecular weight is 209 g/mol. The first-order valence-electron chi connectivity index (χ1n) is 5.85. The summed E-state index contributed by atoms with van der Waals surface area (Å²) < 4.78 is 0. The molecule has 0 radical (unpaired) electrons. The first kappa shape index (κ1) is 14.4. The molecular weight excluding hydrogens is 182 g/mol. The minimum atomic E-state index is 0.111. The van der Waals surface area contributed by atoms with Gasteiger partial charge < -0.3 is 0 Å². The van der Waals surface area contributed by atoms with E-state index in [9.17, 15) is 0 Å². The van der Waals surface area contributed by atoms with Crippen LogP contribution in [0.2, 0.25) is 0 Å². The van der Waals surface area contributed by atoms with Gasteiger partial charge in [-0.2, -0.15) is 0 Å². The van der Waals surface area contributed by atoms with E-state index in [1.165, 1.54) is 5.70 Å². The SMILES string of the molecule is CC/C=C(\N=C(C)C)C(C)(C)C(C)(C)C. The van der Waals surface area contributed by atoms with Crippen LogP contribution in [0.1, 0.15) is 61.8 Å². The maximum absolute atomic E-state index is 4.68. The molecule has 0 spiro atoms. The zero-order chi connectivity index (χ0) is 12.3. The fourth-order valence-corrected chi connectivity index (χ4v) is 1.26. The van der Waals surface area contributed by atoms with Gasteiger partial charge >= 0.3 is 0 Å². The topological polar surface area (TPSA) is 12.4 Å². The van der Waals surface area contributed by atoms with Crippen molar-refractivity contribution >= 4 is 5.71 Å². The molecule has 0 aromatic heterocycles. The highest BCUT2D eigenvalue weighted by Crippen LogP contribution is 2.44. The second-order valence-corrected chi connectivity index (χ2v) is 5.93. The normalized spacial score (nSPS) is 14.0. The van der Waals surface area contributed by atoms with E-state index in [2.05, 4.69) is 66.5 Å². The number of aliphatic imine (C=N–C) groups is 1. The Balaban J connectivity index is 5.28. The van der Waals surface area contributed by atoms with E-state index in [-0.39, 0.29) is 10.8 Å². The minimum Gasteiger partial charge on any atom is -0.263 e. The minimum absolute atomic E-state index is 0.111. The van der Waals surface area contributed by atoms with E-state index < -0.39 is 0 Å². The molecule has 0 aromatic carbocycles. The van der Waals surface area contributed by atoms with Crippen molar-refractivity contribution in [2.45, 2.75) is 61.8 Å². The van der Waals surface area contributed by atoms with Crippen molar-refractivity contribution in [1.29, 1.82) is 0 Å². The summed E-state index contributed by atoms with van der Waals surface area (Å²) in [5.74, 6) is 0. The van der Waals surface area contributed by atoms with Crippen LogP contribution in [0.4, 0.5) is 0 Å². The number of hydrogen-bond acceptors (Lipinski definition) is 1. The molecule has 0 heterocycles. The molecule has 0 rings (SSSR count). The van der Waals surface area contributed by atoms with E-state index in [4.69, 9.17) is 0 Å². The van der Waals surface area contributed by atoms with Gasteiger partial charge in [0.15, 0.2) is 0 Å². The smallest absolute Gasteiger partial charge is 0.0424 e. The van der Waals surface area contributed by atoms with Gasteiger partial charge in [-0.25, -0.2) is 0 Å². The molecule has 0 amide bonds. The molecule has 0 saturated heterocycles. The summed E-state index contributed by atoms with van der Waals surface area (Å²) in [5, 5.41) is 0. The van der Waals surface area contributed by atoms with Gasteiger partial charge in [-0.1, -0.05) is 47.6 Å². The van der Waals surface area contributed by atoms with Crippen molar-refractivity contribution in [2.24, 2.45) is 15.8 Å². The summed E-state index contributed by atoms with van der Waals surface area (Å²) in [6.07, 6.45) is 3.30. The standard InChI is InChI=1S/C14H27N/c1-9-10-12(15-11(2)3)14(7,8)13(4,5)6/h10H,9H2,1-8H3/b12-10-. The Kier molecular flexibility index (Phi) is 4.76. The first-order chi connectivity index (χ1) is 6.63. The van der Waals surface area contributed by atoms with Crippen LogP contribution in [-0.4, -0.2) is 5.71 Å². The van der Waals surface area contributed by atoms with Gasteiger partial charge in [-0.15, -0.1) is 0 Å². The Bertz CT molecular complexity index is 258. The Morgan fingerprint density at radius 3 is 1.80 bits per heavy atom. The van der Waals surface area contributed by atoms with Crippen LogP contribution < -0.4 is 0 Å². The number of nitrogens with zero attached hydrogens (tertiary/aromatic N) is 1. The highest BCUT2D eigenvalue weighted by atomic mass is 14.8. The third-order valence-electron chi connectivity index (χ3n) is 3.26. The molecule has 0 fully saturated rings. The average Bonchev–Trinajstić information content (AvgIpc) is 2.00. The summed E-state index contributed by atoms with van der Waals surface area (Å²) in [7, 11) is 0. The van der Waals surface area contributed by atoms with Gasteiger partial charge in [0.2, 0.25) is 0 Å². The van der Waals surface area contributed by atoms with Crippen molar-refractivity contribution in [2.75, 3.05) is 0 Å². The number of rotatable bonds is 3. The first-order valence-corrected chi connectivity index (χ1v) is 5.85. The number of hydrogen-bond donors (Lipinski definition) is 0. The van der Waals surface area contributed by atoms with Crippen molar-refractivity contribution in [1.82, 2.24) is 0 Å². The van der Waals surface area contributed by atoms with Crippen molar-refractivity contribution in [3.05, 3.63) is 11.8 Å². The van der Waals surface area contributed by atoms with E-state index in [0.29, 0.717) is 0 Å². The van der Waals surface area contributed by atoms with E-state index in [1.54, 1.807) is 0 Å². The molecule has 88 valence electrons. The molecule has 1 nitrogen and oxygen atoms in total. The van der Waals surface area contributed by atoms with Crippen LogP contribution in [0.3, 0.4) is 0 Å². The molecule has 0 aliphatic carbocycles. The van der Waals surface area contributed by atoms with Crippen LogP contribution in [0.5, 0.6) is 0 Å². The number of allylic oxidation sites excluding steroid dienone is 2. The summed E-state index contributed by atoms with van der Waals surface area (Å²) in [6.45, 7) is 17.7. The molecule has 0 aromatic rings. The van der Waals surface area contributed by atoms with Gasteiger partial charge in [-0.3, -0.25) is 4.99 Å². The van der Waals surface area contributed by atoms with Crippen molar-refractivity contribution < 1.29 is 0 Å². The molecule has 0 N–H and O–H groups in total. The highest BCUT2D eigenvalue weighted by molar-refractivity contribution is 5.80. The third-order valence-corrected chi connectivity index (χ3v) is 3.26. The lowest BCUT2D eigenvalue weighted by atomic mass is 9.67. The molecule has 1 heteroatoms. The lowest BCUT2D eigenvalue weighted by molar-refractivity contribution is 0.175. The molecule has 15 heavy (non-hydrogen) atoms. The molecule has 0 atom stereocenters. The summed E-state index contributed by atoms with van der Waals surface area (Å²) in [5.41, 5.74) is 2.69. The van der Waals surface area contributed by atoms with Gasteiger partial charge in [0.25, 0.3) is 0 Å². The van der Waals surface area contributed by atoms with Crippen LogP contribution >= 0.6 is 0 Å². The highest BCUT2D eigenvalue weighted by Gasteiger charge is 2.36. The second-order valence-electron chi connectivity index (χ2n) is 5.93. The molecule has 0 aliphatic rings. The van der Waals surface area contributed by atoms with E-state index in [0.717, 1.165) is 12.1 Å². The van der Waals surface area contributed by atoms with E-state index >= 15 is 0 Å². The predicted molar refractivity (Wildman–Crippen MR) is 70.4 cm³/mol. The quantitative estimate of drug-likeness (QED) is 0.590. The van der Waals surface area contributed by atoms with Crippen LogP contribution in [-0.2, 0) is 0 Å². The van der Waals surface area contributed by atoms with Gasteiger partial charge in [0, 0.05) is 16.8 Å². The lowest BCUT2D eigenvalue weighted by Crippen LogP contribution is -2.31. The summed E-state index contributed by atoms with van der Waals surface area (Å²) >= 11 is 0. The van der Waals surface area contributed by atoms with Gasteiger partial charge in [-0.05, 0) is 25.7 Å². The maximum atomic E-state index is 4.68. The summed E-state index contributed by atoms with van der Waals surface area (Å²) in [6, 6.07) is 0. The Morgan fingerprint density at radius 2 is 1.53 bits per heavy atom. The molecule has 0 bridgehead atoms. The second kappa shape index (κ2) is 4.96. The zero-order valence-electron chi connectivity index (χ0n) is 11.7. The van der Waals surface area contributed by atoms with Crippen LogP contribution in [0, 0.1) is 10.8 Å². The molecule has 0 aliphatic heterocycles. The zero-order valence-corrected chi connectivity index (χ0v) is 11.7. The Labute approximate surface area is 95.7 Å². The van der Waals surface area contributed by atoms with E-state index in [1.807, 2.05) is 0 Å². The third kappa shape index (κ3) is 3.81. The fraction of sp³-hybridized carbons (Fsp3) is 0.786. The molecule has 0 saturated carbocycles. The summed E-state index contributed by atoms with van der Waals surface area (Å²) in [4.78, 5) is 4.68. The van der Waals surface area contributed by atoms with Crippen molar-refractivity contribution in [3.63, 3.8) is 0 Å². The Morgan fingerprint density at radius 1 is 1.07 bits per heavy atom. The maximum Gasteiger partial charge on any atom is 0.0424 e. The van der Waals surface area contributed by atoms with Crippen LogP contribution in [0.15, 0.2) is 16.8 Å². The Hall–Kier alpha value is -0.590. The van der Waals surface area contributed by atoms with Gasteiger partial charge in [0.05, 0.1) is 0 Å². The van der Waals surface area contributed by atoms with Crippen LogP contribution in [0.25, 0.3) is 0 Å². The molecule has 0 unspecified atom stereocenters. The van der Waals surface area contributed by atoms with Crippen molar-refractivity contribution in [3.8, 4) is 0 Å². The predicted octanol–water partition coefficient (Wildman–Crippen LogP) is 4.83.